The third-order valence-electron chi connectivity index (χ3n) is 3.76. The average molecular weight is 238 g/mol. The zero-order valence-corrected chi connectivity index (χ0v) is 11.1. The molecule has 2 rings (SSSR count). The molecule has 0 bridgehead atoms. The number of halogens is 1. The Morgan fingerprint density at radius 3 is 2.56 bits per heavy atom. The Labute approximate surface area is 103 Å². The van der Waals surface area contributed by atoms with Crippen molar-refractivity contribution >= 4 is 11.6 Å². The number of hydrogen-bond acceptors (Lipinski definition) is 1. The fraction of sp³-hybridized carbons (Fsp3) is 0.571. The van der Waals surface area contributed by atoms with Gasteiger partial charge in [0.25, 0.3) is 0 Å². The number of hydrogen-bond donors (Lipinski definition) is 0. The van der Waals surface area contributed by atoms with Crippen LogP contribution < -0.4 is 0 Å². The summed E-state index contributed by atoms with van der Waals surface area (Å²) in [6.07, 6.45) is 1.20. The molecule has 1 aromatic carbocycles. The quantitative estimate of drug-likeness (QED) is 0.758. The molecule has 0 spiro atoms. The minimum Gasteiger partial charge on any atom is -0.300 e. The van der Waals surface area contributed by atoms with Crippen molar-refractivity contribution in [2.24, 2.45) is 0 Å². The molecule has 0 amide bonds. The van der Waals surface area contributed by atoms with Gasteiger partial charge in [0.1, 0.15) is 0 Å². The van der Waals surface area contributed by atoms with E-state index in [1.54, 1.807) is 0 Å². The number of nitrogens with zero attached hydrogens (tertiary/aromatic N) is 1. The first-order valence-corrected chi connectivity index (χ1v) is 6.40. The van der Waals surface area contributed by atoms with Gasteiger partial charge in [-0.1, -0.05) is 36.7 Å². The molecule has 0 radical (unpaired) electrons. The van der Waals surface area contributed by atoms with Crippen LogP contribution in [-0.4, -0.2) is 24.0 Å². The minimum atomic E-state index is 0.225. The minimum absolute atomic E-state index is 0.225. The van der Waals surface area contributed by atoms with Gasteiger partial charge in [-0.3, -0.25) is 0 Å². The summed E-state index contributed by atoms with van der Waals surface area (Å²) in [6.45, 7) is 9.15. The van der Waals surface area contributed by atoms with Crippen LogP contribution in [0.25, 0.3) is 0 Å². The molecule has 1 nitrogen and oxygen atoms in total. The Balaban J connectivity index is 2.25. The zero-order chi connectivity index (χ0) is 11.8. The third-order valence-corrected chi connectivity index (χ3v) is 4.09. The molecule has 1 saturated heterocycles. The third kappa shape index (κ3) is 2.11. The monoisotopic (exact) mass is 237 g/mol. The molecule has 1 aliphatic heterocycles. The highest BCUT2D eigenvalue weighted by Crippen LogP contribution is 2.38. The van der Waals surface area contributed by atoms with E-state index >= 15 is 0 Å². The topological polar surface area (TPSA) is 3.24 Å². The Bertz CT molecular complexity index is 375. The highest BCUT2D eigenvalue weighted by molar-refractivity contribution is 6.31. The van der Waals surface area contributed by atoms with E-state index in [1.165, 1.54) is 18.5 Å². The molecule has 1 atom stereocenters. The first kappa shape index (κ1) is 11.9. The predicted octanol–water partition coefficient (Wildman–Crippen LogP) is 3.71. The fourth-order valence-corrected chi connectivity index (χ4v) is 2.97. The lowest BCUT2D eigenvalue weighted by atomic mass is 9.82. The van der Waals surface area contributed by atoms with Crippen molar-refractivity contribution in [3.8, 4) is 0 Å². The SMILES string of the molecule is CC(C)N1CCC(C)(c2ccccc2Cl)C1. The summed E-state index contributed by atoms with van der Waals surface area (Å²) < 4.78 is 0. The Morgan fingerprint density at radius 2 is 2.00 bits per heavy atom. The molecule has 1 aromatic rings. The van der Waals surface area contributed by atoms with Crippen LogP contribution in [-0.2, 0) is 5.41 Å². The van der Waals surface area contributed by atoms with Crippen LogP contribution in [0.1, 0.15) is 32.8 Å². The average Bonchev–Trinajstić information content (AvgIpc) is 2.63. The molecule has 1 aliphatic rings. The van der Waals surface area contributed by atoms with Crippen LogP contribution in [0.15, 0.2) is 24.3 Å². The number of likely N-dealkylation sites (tertiary alicyclic amines) is 1. The maximum Gasteiger partial charge on any atom is 0.0444 e. The van der Waals surface area contributed by atoms with E-state index < -0.39 is 0 Å². The predicted molar refractivity (Wildman–Crippen MR) is 70.1 cm³/mol. The number of rotatable bonds is 2. The molecule has 0 saturated carbocycles. The summed E-state index contributed by atoms with van der Waals surface area (Å²) in [5, 5.41) is 0.913. The summed E-state index contributed by atoms with van der Waals surface area (Å²) in [6, 6.07) is 8.89. The first-order valence-electron chi connectivity index (χ1n) is 6.02. The van der Waals surface area contributed by atoms with Gasteiger partial charge in [-0.25, -0.2) is 0 Å². The van der Waals surface area contributed by atoms with E-state index in [1.807, 2.05) is 12.1 Å². The van der Waals surface area contributed by atoms with Crippen molar-refractivity contribution in [3.63, 3.8) is 0 Å². The van der Waals surface area contributed by atoms with E-state index in [2.05, 4.69) is 37.8 Å². The summed E-state index contributed by atoms with van der Waals surface area (Å²) in [5.41, 5.74) is 1.53. The highest BCUT2D eigenvalue weighted by Gasteiger charge is 2.37. The molecular weight excluding hydrogens is 218 g/mol. The van der Waals surface area contributed by atoms with Crippen molar-refractivity contribution in [1.29, 1.82) is 0 Å². The Morgan fingerprint density at radius 1 is 1.31 bits per heavy atom. The maximum absolute atomic E-state index is 6.30. The van der Waals surface area contributed by atoms with Gasteiger partial charge in [0, 0.05) is 23.0 Å². The van der Waals surface area contributed by atoms with Crippen molar-refractivity contribution < 1.29 is 0 Å². The van der Waals surface area contributed by atoms with E-state index in [9.17, 15) is 0 Å². The van der Waals surface area contributed by atoms with Crippen LogP contribution in [0.2, 0.25) is 5.02 Å². The van der Waals surface area contributed by atoms with Gasteiger partial charge in [-0.05, 0) is 38.4 Å². The Hall–Kier alpha value is -0.530. The van der Waals surface area contributed by atoms with Gasteiger partial charge in [0.15, 0.2) is 0 Å². The van der Waals surface area contributed by atoms with E-state index in [0.29, 0.717) is 6.04 Å². The fourth-order valence-electron chi connectivity index (χ4n) is 2.61. The normalized spacial score (nSPS) is 26.6. The van der Waals surface area contributed by atoms with Gasteiger partial charge >= 0.3 is 0 Å². The van der Waals surface area contributed by atoms with Crippen LogP contribution >= 0.6 is 11.6 Å². The first-order chi connectivity index (χ1) is 7.53. The van der Waals surface area contributed by atoms with Crippen LogP contribution in [0, 0.1) is 0 Å². The summed E-state index contributed by atoms with van der Waals surface area (Å²) in [7, 11) is 0. The van der Waals surface area contributed by atoms with Gasteiger partial charge in [0.2, 0.25) is 0 Å². The van der Waals surface area contributed by atoms with Crippen molar-refractivity contribution in [2.45, 2.75) is 38.6 Å². The molecule has 16 heavy (non-hydrogen) atoms. The summed E-state index contributed by atoms with van der Waals surface area (Å²) in [4.78, 5) is 2.53. The van der Waals surface area contributed by atoms with Crippen LogP contribution in [0.4, 0.5) is 0 Å². The zero-order valence-electron chi connectivity index (χ0n) is 10.3. The summed E-state index contributed by atoms with van der Waals surface area (Å²) >= 11 is 6.30. The number of benzene rings is 1. The van der Waals surface area contributed by atoms with Gasteiger partial charge < -0.3 is 4.90 Å². The molecular formula is C14H20ClN. The van der Waals surface area contributed by atoms with E-state index in [4.69, 9.17) is 11.6 Å². The molecule has 1 fully saturated rings. The smallest absolute Gasteiger partial charge is 0.0444 e. The van der Waals surface area contributed by atoms with Gasteiger partial charge in [0.05, 0.1) is 0 Å². The lowest BCUT2D eigenvalue weighted by Crippen LogP contribution is -2.32. The molecule has 0 aromatic heterocycles. The molecule has 1 unspecified atom stereocenters. The standard InChI is InChI=1S/C14H20ClN/c1-11(2)16-9-8-14(3,10-16)12-6-4-5-7-13(12)15/h4-7,11H,8-10H2,1-3H3. The van der Waals surface area contributed by atoms with Gasteiger partial charge in [-0.15, -0.1) is 0 Å². The van der Waals surface area contributed by atoms with E-state index in [0.717, 1.165) is 11.6 Å². The van der Waals surface area contributed by atoms with Crippen molar-refractivity contribution in [2.75, 3.05) is 13.1 Å². The second-order valence-corrected chi connectivity index (χ2v) is 5.76. The molecule has 0 N–H and O–H groups in total. The van der Waals surface area contributed by atoms with Crippen molar-refractivity contribution in [1.82, 2.24) is 4.90 Å². The van der Waals surface area contributed by atoms with E-state index in [-0.39, 0.29) is 5.41 Å². The lowest BCUT2D eigenvalue weighted by molar-refractivity contribution is 0.260. The van der Waals surface area contributed by atoms with Gasteiger partial charge in [-0.2, -0.15) is 0 Å². The van der Waals surface area contributed by atoms with Crippen LogP contribution in [0.3, 0.4) is 0 Å². The second-order valence-electron chi connectivity index (χ2n) is 5.35. The largest absolute Gasteiger partial charge is 0.300 e. The molecule has 1 heterocycles. The second kappa shape index (κ2) is 4.38. The molecule has 2 heteroatoms. The highest BCUT2D eigenvalue weighted by atomic mass is 35.5. The lowest BCUT2D eigenvalue weighted by Gasteiger charge is -2.27. The summed E-state index contributed by atoms with van der Waals surface area (Å²) in [5.74, 6) is 0. The van der Waals surface area contributed by atoms with Crippen molar-refractivity contribution in [3.05, 3.63) is 34.9 Å². The maximum atomic E-state index is 6.30. The van der Waals surface area contributed by atoms with Crippen LogP contribution in [0.5, 0.6) is 0 Å². The molecule has 88 valence electrons. The Kier molecular flexibility index (Phi) is 3.27. The molecule has 0 aliphatic carbocycles.